The van der Waals surface area contributed by atoms with Gasteiger partial charge in [-0.2, -0.15) is 0 Å². The predicted molar refractivity (Wildman–Crippen MR) is 134 cm³/mol. The normalized spacial score (nSPS) is 11.2. The van der Waals surface area contributed by atoms with Crippen LogP contribution in [0.3, 0.4) is 0 Å². The van der Waals surface area contributed by atoms with E-state index in [1.54, 1.807) is 16.7 Å². The molecule has 0 saturated carbocycles. The fourth-order valence-corrected chi connectivity index (χ4v) is 3.97. The zero-order valence-electron chi connectivity index (χ0n) is 18.5. The van der Waals surface area contributed by atoms with Crippen molar-refractivity contribution in [1.82, 2.24) is 19.1 Å². The summed E-state index contributed by atoms with van der Waals surface area (Å²) in [5, 5.41) is 0.598. The first-order valence-electron chi connectivity index (χ1n) is 10.6. The quantitative estimate of drug-likeness (QED) is 0.370. The van der Waals surface area contributed by atoms with E-state index in [-0.39, 0.29) is 5.56 Å². The summed E-state index contributed by atoms with van der Waals surface area (Å²) in [6.45, 7) is 2.03. The van der Waals surface area contributed by atoms with Gasteiger partial charge in [0.2, 0.25) is 5.95 Å². The van der Waals surface area contributed by atoms with Crippen LogP contribution in [0.2, 0.25) is 5.02 Å². The van der Waals surface area contributed by atoms with Gasteiger partial charge in [-0.1, -0.05) is 59.6 Å². The Hall–Kier alpha value is -3.90. The van der Waals surface area contributed by atoms with Gasteiger partial charge in [-0.25, -0.2) is 9.97 Å². The highest BCUT2D eigenvalue weighted by molar-refractivity contribution is 6.30. The molecule has 0 radical (unpaired) electrons. The van der Waals surface area contributed by atoms with Crippen LogP contribution in [0.15, 0.2) is 83.7 Å². The van der Waals surface area contributed by atoms with Gasteiger partial charge in [0.1, 0.15) is 5.82 Å². The van der Waals surface area contributed by atoms with Crippen LogP contribution in [0.1, 0.15) is 5.56 Å². The highest BCUT2D eigenvalue weighted by Crippen LogP contribution is 2.28. The van der Waals surface area contributed by atoms with Gasteiger partial charge in [-0.15, -0.1) is 0 Å². The van der Waals surface area contributed by atoms with Gasteiger partial charge in [0, 0.05) is 24.7 Å². The van der Waals surface area contributed by atoms with E-state index in [0.717, 1.165) is 16.8 Å². The Morgan fingerprint density at radius 3 is 2.06 bits per heavy atom. The van der Waals surface area contributed by atoms with Crippen molar-refractivity contribution in [2.75, 3.05) is 19.0 Å². The summed E-state index contributed by atoms with van der Waals surface area (Å²) in [5.74, 6) is 1.17. The molecule has 5 rings (SSSR count). The first kappa shape index (κ1) is 21.0. The van der Waals surface area contributed by atoms with Crippen molar-refractivity contribution in [2.24, 2.45) is 0 Å². The fraction of sp³-hybridized carbons (Fsp3) is 0.115. The Labute approximate surface area is 196 Å². The van der Waals surface area contributed by atoms with E-state index >= 15 is 0 Å². The molecule has 0 bridgehead atoms. The number of rotatable bonds is 4. The van der Waals surface area contributed by atoms with Crippen LogP contribution in [0.4, 0.5) is 5.95 Å². The first-order chi connectivity index (χ1) is 15.9. The third kappa shape index (κ3) is 3.68. The van der Waals surface area contributed by atoms with Gasteiger partial charge in [0.15, 0.2) is 11.2 Å². The van der Waals surface area contributed by atoms with Crippen molar-refractivity contribution in [1.29, 1.82) is 0 Å². The molecule has 0 N–H and O–H groups in total. The Morgan fingerprint density at radius 1 is 0.788 bits per heavy atom. The Balaban J connectivity index is 1.91. The van der Waals surface area contributed by atoms with E-state index in [1.165, 1.54) is 0 Å². The molecule has 0 aliphatic carbocycles. The smallest absolute Gasteiger partial charge is 0.286 e. The van der Waals surface area contributed by atoms with Crippen molar-refractivity contribution in [3.8, 4) is 22.8 Å². The molecular formula is C26H22ClN5O. The Kier molecular flexibility index (Phi) is 5.23. The number of benzene rings is 3. The van der Waals surface area contributed by atoms with E-state index in [2.05, 4.69) is 0 Å². The summed E-state index contributed by atoms with van der Waals surface area (Å²) in [4.78, 5) is 25.5. The van der Waals surface area contributed by atoms with Crippen LogP contribution in [0.25, 0.3) is 33.9 Å². The second kappa shape index (κ2) is 8.22. The zero-order chi connectivity index (χ0) is 23.1. The number of aryl methyl sites for hydroxylation is 1. The molecule has 164 valence electrons. The Morgan fingerprint density at radius 2 is 1.42 bits per heavy atom. The lowest BCUT2D eigenvalue weighted by molar-refractivity contribution is 0.950. The van der Waals surface area contributed by atoms with Crippen LogP contribution < -0.4 is 10.5 Å². The molecule has 5 aromatic rings. The molecule has 0 saturated heterocycles. The molecule has 0 atom stereocenters. The minimum Gasteiger partial charge on any atom is -0.348 e. The minimum atomic E-state index is -0.240. The lowest BCUT2D eigenvalue weighted by atomic mass is 10.1. The highest BCUT2D eigenvalue weighted by Gasteiger charge is 2.22. The molecule has 0 fully saturated rings. The third-order valence-electron chi connectivity index (χ3n) is 5.47. The van der Waals surface area contributed by atoms with Gasteiger partial charge in [-0.05, 0) is 43.3 Å². The van der Waals surface area contributed by atoms with Crippen LogP contribution >= 0.6 is 11.6 Å². The summed E-state index contributed by atoms with van der Waals surface area (Å²) in [7, 11) is 3.80. The van der Waals surface area contributed by atoms with E-state index in [9.17, 15) is 4.79 Å². The van der Waals surface area contributed by atoms with Crippen LogP contribution in [-0.2, 0) is 0 Å². The molecule has 0 aliphatic rings. The van der Waals surface area contributed by atoms with Gasteiger partial charge >= 0.3 is 0 Å². The van der Waals surface area contributed by atoms with Crippen molar-refractivity contribution in [3.05, 3.63) is 99.8 Å². The lowest BCUT2D eigenvalue weighted by Crippen LogP contribution is -2.22. The number of fused-ring (bicyclic) bond motifs is 1. The summed E-state index contributed by atoms with van der Waals surface area (Å²) in [6.07, 6.45) is 0. The second-order valence-electron chi connectivity index (χ2n) is 8.07. The van der Waals surface area contributed by atoms with Gasteiger partial charge < -0.3 is 4.90 Å². The summed E-state index contributed by atoms with van der Waals surface area (Å²) >= 11 is 6.11. The molecule has 3 aromatic carbocycles. The largest absolute Gasteiger partial charge is 0.348 e. The zero-order valence-corrected chi connectivity index (χ0v) is 19.3. The van der Waals surface area contributed by atoms with Crippen LogP contribution in [0.5, 0.6) is 0 Å². The lowest BCUT2D eigenvalue weighted by Gasteiger charge is -2.15. The number of nitrogens with zero attached hydrogens (tertiary/aromatic N) is 5. The maximum absolute atomic E-state index is 13.9. The van der Waals surface area contributed by atoms with Crippen molar-refractivity contribution in [2.45, 2.75) is 6.92 Å². The number of para-hydroxylation sites is 1. The molecular weight excluding hydrogens is 434 g/mol. The minimum absolute atomic E-state index is 0.240. The van der Waals surface area contributed by atoms with Crippen LogP contribution in [-0.4, -0.2) is 33.2 Å². The van der Waals surface area contributed by atoms with Gasteiger partial charge in [-0.3, -0.25) is 13.9 Å². The predicted octanol–water partition coefficient (Wildman–Crippen LogP) is 5.27. The van der Waals surface area contributed by atoms with Crippen molar-refractivity contribution < 1.29 is 0 Å². The van der Waals surface area contributed by atoms with Crippen LogP contribution in [0, 0.1) is 6.92 Å². The van der Waals surface area contributed by atoms with E-state index in [1.807, 2.05) is 97.2 Å². The van der Waals surface area contributed by atoms with E-state index < -0.39 is 0 Å². The fourth-order valence-electron chi connectivity index (χ4n) is 3.84. The maximum atomic E-state index is 13.9. The van der Waals surface area contributed by atoms with E-state index in [4.69, 9.17) is 21.6 Å². The molecule has 0 unspecified atom stereocenters. The Bertz CT molecular complexity index is 1500. The molecule has 0 amide bonds. The molecule has 2 aromatic heterocycles. The topological polar surface area (TPSA) is 56.0 Å². The second-order valence-corrected chi connectivity index (χ2v) is 8.50. The molecule has 0 spiro atoms. The number of anilines is 1. The molecule has 6 nitrogen and oxygen atoms in total. The monoisotopic (exact) mass is 455 g/mol. The number of hydrogen-bond donors (Lipinski definition) is 0. The number of halogens is 1. The molecule has 0 aliphatic heterocycles. The average Bonchev–Trinajstić information content (AvgIpc) is 3.21. The maximum Gasteiger partial charge on any atom is 0.286 e. The summed E-state index contributed by atoms with van der Waals surface area (Å²) < 4.78 is 3.52. The summed E-state index contributed by atoms with van der Waals surface area (Å²) in [5.41, 5.74) is 4.09. The standard InChI is InChI=1S/C26H22ClN5O/c1-17-9-11-18(12-10-17)23-29-24-22(25(33)31(23)21-15-13-19(27)14-16-21)28-26(30(2)3)32(24)20-7-5-4-6-8-20/h4-16H,1-3H3. The molecule has 7 heteroatoms. The van der Waals surface area contributed by atoms with Gasteiger partial charge in [0.25, 0.3) is 5.56 Å². The SMILES string of the molecule is Cc1ccc(-c2nc3c(nc(N(C)C)n3-c3ccccc3)c(=O)n2-c2ccc(Cl)cc2)cc1. The first-order valence-corrected chi connectivity index (χ1v) is 10.9. The van der Waals surface area contributed by atoms with Gasteiger partial charge in [0.05, 0.1) is 11.4 Å². The van der Waals surface area contributed by atoms with Crippen molar-refractivity contribution >= 4 is 28.7 Å². The highest BCUT2D eigenvalue weighted by atomic mass is 35.5. The number of hydrogen-bond acceptors (Lipinski definition) is 4. The number of aromatic nitrogens is 4. The number of imidazole rings is 1. The third-order valence-corrected chi connectivity index (χ3v) is 5.73. The molecule has 2 heterocycles. The summed E-state index contributed by atoms with van der Waals surface area (Å²) in [6, 6.07) is 25.0. The van der Waals surface area contributed by atoms with E-state index in [0.29, 0.717) is 33.6 Å². The molecule has 33 heavy (non-hydrogen) atoms. The van der Waals surface area contributed by atoms with Crippen molar-refractivity contribution in [3.63, 3.8) is 0 Å². The average molecular weight is 456 g/mol.